The summed E-state index contributed by atoms with van der Waals surface area (Å²) in [6.45, 7) is -0.219. The molecule has 1 N–H and O–H groups in total. The molecule has 0 fully saturated rings. The van der Waals surface area contributed by atoms with Gasteiger partial charge in [-0.3, -0.25) is 9.10 Å². The van der Waals surface area contributed by atoms with Crippen LogP contribution in [0.4, 0.5) is 11.4 Å². The van der Waals surface area contributed by atoms with Crippen LogP contribution in [0.2, 0.25) is 5.02 Å². The lowest BCUT2D eigenvalue weighted by atomic mass is 10.1. The number of amides is 1. The van der Waals surface area contributed by atoms with Crippen molar-refractivity contribution in [3.63, 3.8) is 0 Å². The lowest BCUT2D eigenvalue weighted by Gasteiger charge is -2.34. The van der Waals surface area contributed by atoms with E-state index >= 15 is 0 Å². The van der Waals surface area contributed by atoms with Crippen LogP contribution in [-0.2, 0) is 14.8 Å². The fourth-order valence-corrected chi connectivity index (χ4v) is 5.99. The normalized spacial score (nSPS) is 15.5. The maximum atomic E-state index is 13.5. The highest BCUT2D eigenvalue weighted by atomic mass is 35.5. The number of hydrogen-bond donors (Lipinski definition) is 1. The first-order valence-corrected chi connectivity index (χ1v) is 13.0. The Labute approximate surface area is 211 Å². The minimum Gasteiger partial charge on any atom is -0.476 e. The van der Waals surface area contributed by atoms with Crippen molar-refractivity contribution < 1.29 is 22.4 Å². The Kier molecular flexibility index (Phi) is 5.35. The summed E-state index contributed by atoms with van der Waals surface area (Å²) < 4.78 is 40.0. The van der Waals surface area contributed by atoms with Crippen molar-refractivity contribution >= 4 is 60.8 Å². The van der Waals surface area contributed by atoms with Gasteiger partial charge < -0.3 is 14.5 Å². The molecule has 1 amide bonds. The molecule has 0 unspecified atom stereocenters. The highest BCUT2D eigenvalue weighted by Crippen LogP contribution is 2.39. The van der Waals surface area contributed by atoms with E-state index in [2.05, 4.69) is 5.32 Å². The van der Waals surface area contributed by atoms with Crippen LogP contribution in [0.3, 0.4) is 0 Å². The quantitative estimate of drug-likeness (QED) is 0.323. The molecular weight excluding hydrogens is 500 g/mol. The Morgan fingerprint density at radius 2 is 1.64 bits per heavy atom. The standard InChI is InChI=1S/C27H19ClN2O5S/c28-17-10-13-24-22(14-17)30(36(32,33)19-6-2-1-3-7-19)16-26(35-24)27(31)29-18-11-12-21-20-8-4-5-9-23(20)34-25(21)15-18/h1-15,26H,16H2,(H,29,31)/t26-/m1/s1. The number of carbonyl (C=O) groups excluding carboxylic acids is 1. The number of nitrogens with zero attached hydrogens (tertiary/aromatic N) is 1. The van der Waals surface area contributed by atoms with Gasteiger partial charge in [0.2, 0.25) is 0 Å². The second-order valence-corrected chi connectivity index (χ2v) is 10.7. The van der Waals surface area contributed by atoms with E-state index in [9.17, 15) is 13.2 Å². The minimum absolute atomic E-state index is 0.104. The molecule has 9 heteroatoms. The summed E-state index contributed by atoms with van der Waals surface area (Å²) >= 11 is 6.16. The van der Waals surface area contributed by atoms with Gasteiger partial charge >= 0.3 is 0 Å². The molecule has 1 atom stereocenters. The lowest BCUT2D eigenvalue weighted by molar-refractivity contribution is -0.122. The predicted octanol–water partition coefficient (Wildman–Crippen LogP) is 5.83. The molecule has 180 valence electrons. The van der Waals surface area contributed by atoms with Gasteiger partial charge in [-0.1, -0.05) is 48.0 Å². The van der Waals surface area contributed by atoms with Crippen LogP contribution in [0.1, 0.15) is 0 Å². The summed E-state index contributed by atoms with van der Waals surface area (Å²) in [7, 11) is -3.98. The van der Waals surface area contributed by atoms with Gasteiger partial charge in [0, 0.05) is 27.5 Å². The molecule has 0 saturated carbocycles. The van der Waals surface area contributed by atoms with Crippen LogP contribution < -0.4 is 14.4 Å². The van der Waals surface area contributed by atoms with Crippen LogP contribution in [0.25, 0.3) is 21.9 Å². The fraction of sp³-hybridized carbons (Fsp3) is 0.0741. The third-order valence-corrected chi connectivity index (χ3v) is 8.09. The first-order chi connectivity index (χ1) is 17.4. The van der Waals surface area contributed by atoms with Gasteiger partial charge in [0.15, 0.2) is 6.10 Å². The number of furan rings is 1. The highest BCUT2D eigenvalue weighted by molar-refractivity contribution is 7.92. The Balaban J connectivity index is 1.32. The Hall–Kier alpha value is -4.01. The number of sulfonamides is 1. The van der Waals surface area contributed by atoms with E-state index in [0.717, 1.165) is 16.4 Å². The van der Waals surface area contributed by atoms with Crippen LogP contribution >= 0.6 is 11.6 Å². The van der Waals surface area contributed by atoms with Crippen molar-refractivity contribution in [2.75, 3.05) is 16.2 Å². The number of rotatable bonds is 4. The molecular formula is C27H19ClN2O5S. The number of benzene rings is 4. The van der Waals surface area contributed by atoms with E-state index in [0.29, 0.717) is 16.3 Å². The van der Waals surface area contributed by atoms with Gasteiger partial charge in [0.1, 0.15) is 16.9 Å². The zero-order valence-corrected chi connectivity index (χ0v) is 20.3. The van der Waals surface area contributed by atoms with E-state index in [4.69, 9.17) is 20.8 Å². The number of para-hydroxylation sites is 1. The summed E-state index contributed by atoms with van der Waals surface area (Å²) in [4.78, 5) is 13.4. The second-order valence-electron chi connectivity index (χ2n) is 8.37. The average molecular weight is 519 g/mol. The van der Waals surface area contributed by atoms with Crippen LogP contribution in [0.15, 0.2) is 100 Å². The summed E-state index contributed by atoms with van der Waals surface area (Å²) in [6, 6.07) is 25.8. The molecule has 1 aliphatic rings. The largest absolute Gasteiger partial charge is 0.476 e. The molecule has 6 rings (SSSR count). The molecule has 0 saturated heterocycles. The Morgan fingerprint density at radius 1 is 0.889 bits per heavy atom. The molecule has 0 radical (unpaired) electrons. The molecule has 2 heterocycles. The van der Waals surface area contributed by atoms with E-state index < -0.39 is 22.0 Å². The van der Waals surface area contributed by atoms with E-state index in [1.165, 1.54) is 22.5 Å². The van der Waals surface area contributed by atoms with Crippen molar-refractivity contribution in [1.82, 2.24) is 0 Å². The summed E-state index contributed by atoms with van der Waals surface area (Å²) in [6.07, 6.45) is -1.09. The van der Waals surface area contributed by atoms with Gasteiger partial charge in [-0.15, -0.1) is 0 Å². The number of fused-ring (bicyclic) bond motifs is 4. The maximum Gasteiger partial charge on any atom is 0.267 e. The van der Waals surface area contributed by atoms with Gasteiger partial charge in [0.05, 0.1) is 17.1 Å². The van der Waals surface area contributed by atoms with Crippen molar-refractivity contribution in [2.24, 2.45) is 0 Å². The lowest BCUT2D eigenvalue weighted by Crippen LogP contribution is -2.48. The Bertz CT molecular complexity index is 1730. The van der Waals surface area contributed by atoms with Crippen molar-refractivity contribution in [1.29, 1.82) is 0 Å². The van der Waals surface area contributed by atoms with Gasteiger partial charge in [-0.25, -0.2) is 8.42 Å². The molecule has 1 aromatic heterocycles. The summed E-state index contributed by atoms with van der Waals surface area (Å²) in [5.41, 5.74) is 2.17. The zero-order chi connectivity index (χ0) is 24.9. The Morgan fingerprint density at radius 3 is 2.47 bits per heavy atom. The molecule has 4 aromatic carbocycles. The minimum atomic E-state index is -3.98. The van der Waals surface area contributed by atoms with Gasteiger partial charge in [0.25, 0.3) is 15.9 Å². The topological polar surface area (TPSA) is 88.9 Å². The molecule has 0 bridgehead atoms. The highest BCUT2D eigenvalue weighted by Gasteiger charge is 2.37. The van der Waals surface area contributed by atoms with Gasteiger partial charge in [-0.05, 0) is 48.5 Å². The first-order valence-electron chi connectivity index (χ1n) is 11.2. The van der Waals surface area contributed by atoms with E-state index in [-0.39, 0.29) is 22.9 Å². The van der Waals surface area contributed by atoms with Crippen LogP contribution in [0, 0.1) is 0 Å². The van der Waals surface area contributed by atoms with Crippen LogP contribution in [-0.4, -0.2) is 27.0 Å². The van der Waals surface area contributed by atoms with Gasteiger partial charge in [-0.2, -0.15) is 0 Å². The number of hydrogen-bond acceptors (Lipinski definition) is 5. The third-order valence-electron chi connectivity index (χ3n) is 6.06. The second kappa shape index (κ2) is 8.58. The molecule has 36 heavy (non-hydrogen) atoms. The molecule has 0 spiro atoms. The first kappa shape index (κ1) is 22.5. The van der Waals surface area contributed by atoms with E-state index in [1.807, 2.05) is 30.3 Å². The molecule has 0 aliphatic carbocycles. The zero-order valence-electron chi connectivity index (χ0n) is 18.7. The monoisotopic (exact) mass is 518 g/mol. The smallest absolute Gasteiger partial charge is 0.267 e. The molecule has 7 nitrogen and oxygen atoms in total. The number of ether oxygens (including phenoxy) is 1. The number of halogens is 1. The van der Waals surface area contributed by atoms with E-state index in [1.54, 1.807) is 42.5 Å². The van der Waals surface area contributed by atoms with Crippen molar-refractivity contribution in [2.45, 2.75) is 11.0 Å². The summed E-state index contributed by atoms with van der Waals surface area (Å²) in [5.74, 6) is -0.239. The summed E-state index contributed by atoms with van der Waals surface area (Å²) in [5, 5.41) is 5.10. The fourth-order valence-electron chi connectivity index (χ4n) is 4.33. The van der Waals surface area contributed by atoms with Crippen molar-refractivity contribution in [3.8, 4) is 5.75 Å². The number of carbonyl (C=O) groups is 1. The molecule has 5 aromatic rings. The predicted molar refractivity (Wildman–Crippen MR) is 139 cm³/mol. The average Bonchev–Trinajstić information content (AvgIpc) is 3.26. The van der Waals surface area contributed by atoms with Crippen LogP contribution in [0.5, 0.6) is 5.75 Å². The SMILES string of the molecule is O=C(Nc1ccc2c(c1)oc1ccccc12)[C@H]1CN(S(=O)(=O)c2ccccc2)c2cc(Cl)ccc2O1. The maximum absolute atomic E-state index is 13.5. The number of nitrogens with one attached hydrogen (secondary N) is 1. The number of anilines is 2. The van der Waals surface area contributed by atoms with Crippen molar-refractivity contribution in [3.05, 3.63) is 96.0 Å². The third kappa shape index (κ3) is 3.84. The molecule has 1 aliphatic heterocycles.